The van der Waals surface area contributed by atoms with E-state index < -0.39 is 5.91 Å². The van der Waals surface area contributed by atoms with E-state index in [9.17, 15) is 9.59 Å². The number of carbonyl (C=O) groups excluding carboxylic acids is 2. The summed E-state index contributed by atoms with van der Waals surface area (Å²) in [5.41, 5.74) is 1.98. The second kappa shape index (κ2) is 10.6. The summed E-state index contributed by atoms with van der Waals surface area (Å²) in [7, 11) is 0. The van der Waals surface area contributed by atoms with Crippen molar-refractivity contribution >= 4 is 35.3 Å². The van der Waals surface area contributed by atoms with Crippen molar-refractivity contribution in [2.24, 2.45) is 0 Å². The minimum Gasteiger partial charge on any atom is -0.321 e. The van der Waals surface area contributed by atoms with Crippen LogP contribution in [0.1, 0.15) is 15.9 Å². The van der Waals surface area contributed by atoms with E-state index in [1.54, 1.807) is 42.5 Å². The molecule has 0 spiro atoms. The van der Waals surface area contributed by atoms with Gasteiger partial charge in [-0.05, 0) is 48.0 Å². The van der Waals surface area contributed by atoms with Gasteiger partial charge in [0.15, 0.2) is 0 Å². The van der Waals surface area contributed by atoms with Gasteiger partial charge in [-0.2, -0.15) is 5.26 Å². The van der Waals surface area contributed by atoms with E-state index in [2.05, 4.69) is 16.7 Å². The van der Waals surface area contributed by atoms with Gasteiger partial charge in [-0.1, -0.05) is 48.5 Å². The molecule has 6 heteroatoms. The summed E-state index contributed by atoms with van der Waals surface area (Å²) in [5.74, 6) is -0.432. The van der Waals surface area contributed by atoms with Crippen LogP contribution in [0.25, 0.3) is 6.08 Å². The zero-order valence-corrected chi connectivity index (χ0v) is 16.9. The quantitative estimate of drug-likeness (QED) is 0.434. The number of nitriles is 1. The molecule has 148 valence electrons. The number of amides is 2. The van der Waals surface area contributed by atoms with E-state index in [-0.39, 0.29) is 11.6 Å². The van der Waals surface area contributed by atoms with Crippen LogP contribution < -0.4 is 10.6 Å². The van der Waals surface area contributed by atoms with Gasteiger partial charge >= 0.3 is 0 Å². The van der Waals surface area contributed by atoms with E-state index in [1.165, 1.54) is 11.8 Å². The molecule has 3 aromatic carbocycles. The van der Waals surface area contributed by atoms with Gasteiger partial charge in [0.1, 0.15) is 5.70 Å². The largest absolute Gasteiger partial charge is 0.321 e. The van der Waals surface area contributed by atoms with Gasteiger partial charge in [-0.3, -0.25) is 9.59 Å². The number of benzene rings is 3. The lowest BCUT2D eigenvalue weighted by Gasteiger charge is -2.12. The number of nitrogens with zero attached hydrogens (tertiary/aromatic N) is 1. The van der Waals surface area contributed by atoms with Crippen molar-refractivity contribution in [3.05, 3.63) is 102 Å². The highest BCUT2D eigenvalue weighted by molar-refractivity contribution is 7.99. The fourth-order valence-electron chi connectivity index (χ4n) is 2.61. The Bertz CT molecular complexity index is 1070. The molecule has 2 N–H and O–H groups in total. The van der Waals surface area contributed by atoms with Crippen LogP contribution in [0, 0.1) is 11.3 Å². The summed E-state index contributed by atoms with van der Waals surface area (Å²) in [4.78, 5) is 26.4. The van der Waals surface area contributed by atoms with Crippen LogP contribution >= 0.6 is 11.8 Å². The number of hydrogen-bond donors (Lipinski definition) is 2. The van der Waals surface area contributed by atoms with Crippen molar-refractivity contribution < 1.29 is 9.59 Å². The summed E-state index contributed by atoms with van der Waals surface area (Å²) < 4.78 is 0. The highest BCUT2D eigenvalue weighted by atomic mass is 32.2. The van der Waals surface area contributed by atoms with Crippen LogP contribution in [-0.2, 0) is 4.79 Å². The topological polar surface area (TPSA) is 82.0 Å². The molecule has 30 heavy (non-hydrogen) atoms. The Hall–Kier alpha value is -3.82. The number of nitrogens with one attached hydrogen (secondary N) is 2. The van der Waals surface area contributed by atoms with Gasteiger partial charge in [0.05, 0.1) is 11.8 Å². The highest BCUT2D eigenvalue weighted by Gasteiger charge is 2.15. The van der Waals surface area contributed by atoms with Crippen LogP contribution in [0.15, 0.2) is 95.5 Å². The Morgan fingerprint density at radius 3 is 2.17 bits per heavy atom. The van der Waals surface area contributed by atoms with Crippen molar-refractivity contribution in [1.82, 2.24) is 5.32 Å². The molecule has 3 rings (SSSR count). The Labute approximate surface area is 179 Å². The third kappa shape index (κ3) is 6.09. The molecule has 0 radical (unpaired) electrons. The summed E-state index contributed by atoms with van der Waals surface area (Å²) in [6.45, 7) is 0. The molecule has 2 amide bonds. The third-order valence-electron chi connectivity index (χ3n) is 4.05. The number of hydrogen-bond acceptors (Lipinski definition) is 4. The lowest BCUT2D eigenvalue weighted by atomic mass is 10.1. The van der Waals surface area contributed by atoms with Gasteiger partial charge < -0.3 is 10.6 Å². The van der Waals surface area contributed by atoms with Crippen LogP contribution in [-0.4, -0.2) is 17.6 Å². The van der Waals surface area contributed by atoms with Crippen molar-refractivity contribution in [2.75, 3.05) is 11.1 Å². The molecule has 0 saturated carbocycles. The molecule has 0 fully saturated rings. The predicted molar refractivity (Wildman–Crippen MR) is 120 cm³/mol. The van der Waals surface area contributed by atoms with Crippen LogP contribution in [0.3, 0.4) is 0 Å². The van der Waals surface area contributed by atoms with E-state index in [0.29, 0.717) is 17.0 Å². The lowest BCUT2D eigenvalue weighted by molar-refractivity contribution is -0.113. The molecule has 0 aliphatic rings. The molecule has 0 saturated heterocycles. The van der Waals surface area contributed by atoms with Crippen molar-refractivity contribution in [2.45, 2.75) is 4.90 Å². The molecule has 0 aliphatic carbocycles. The number of anilines is 1. The minimum atomic E-state index is -0.430. The summed E-state index contributed by atoms with van der Waals surface area (Å²) in [6.07, 6.45) is 1.63. The molecule has 0 heterocycles. The Morgan fingerprint density at radius 1 is 0.900 bits per heavy atom. The lowest BCUT2D eigenvalue weighted by Crippen LogP contribution is -2.30. The predicted octanol–water partition coefficient (Wildman–Crippen LogP) is 4.71. The maximum atomic E-state index is 12.9. The monoisotopic (exact) mass is 413 g/mol. The van der Waals surface area contributed by atoms with E-state index in [0.717, 1.165) is 10.5 Å². The van der Waals surface area contributed by atoms with Gasteiger partial charge in [0.2, 0.25) is 0 Å². The van der Waals surface area contributed by atoms with Crippen LogP contribution in [0.2, 0.25) is 0 Å². The molecule has 0 aromatic heterocycles. The summed E-state index contributed by atoms with van der Waals surface area (Å²) in [5, 5.41) is 14.2. The van der Waals surface area contributed by atoms with Gasteiger partial charge in [0, 0.05) is 16.1 Å². The minimum absolute atomic E-state index is 0.137. The zero-order valence-electron chi connectivity index (χ0n) is 16.0. The molecule has 0 bridgehead atoms. The molecule has 5 nitrogen and oxygen atoms in total. The number of carbonyl (C=O) groups is 2. The third-order valence-corrected chi connectivity index (χ3v) is 4.93. The van der Waals surface area contributed by atoms with E-state index in [4.69, 9.17) is 5.26 Å². The highest BCUT2D eigenvalue weighted by Crippen LogP contribution is 2.20. The molecular formula is C24H19N3O2S. The van der Waals surface area contributed by atoms with Crippen molar-refractivity contribution in [1.29, 1.82) is 5.26 Å². The first kappa shape index (κ1) is 20.9. The first-order chi connectivity index (χ1) is 14.7. The average molecular weight is 414 g/mol. The SMILES string of the molecule is N#CCSc1ccc(NC(=O)/C(=C/c2ccccc2)NC(=O)c2ccccc2)cc1. The molecule has 0 unspecified atom stereocenters. The normalized spacial score (nSPS) is 10.7. The first-order valence-corrected chi connectivity index (χ1v) is 10.2. The fraction of sp³-hybridized carbons (Fsp3) is 0.0417. The maximum Gasteiger partial charge on any atom is 0.272 e. The Balaban J connectivity index is 1.79. The van der Waals surface area contributed by atoms with Gasteiger partial charge in [-0.25, -0.2) is 0 Å². The van der Waals surface area contributed by atoms with Gasteiger partial charge in [0.25, 0.3) is 11.8 Å². The van der Waals surface area contributed by atoms with E-state index >= 15 is 0 Å². The molecule has 0 aliphatic heterocycles. The van der Waals surface area contributed by atoms with Crippen LogP contribution in [0.5, 0.6) is 0 Å². The Morgan fingerprint density at radius 2 is 1.53 bits per heavy atom. The zero-order chi connectivity index (χ0) is 21.2. The molecular weight excluding hydrogens is 394 g/mol. The van der Waals surface area contributed by atoms with E-state index in [1.807, 2.05) is 48.5 Å². The van der Waals surface area contributed by atoms with Gasteiger partial charge in [-0.15, -0.1) is 11.8 Å². The molecule has 3 aromatic rings. The second-order valence-electron chi connectivity index (χ2n) is 6.21. The average Bonchev–Trinajstić information content (AvgIpc) is 2.79. The standard InChI is InChI=1S/C24H19N3O2S/c25-15-16-30-21-13-11-20(12-14-21)26-24(29)22(17-18-7-3-1-4-8-18)27-23(28)19-9-5-2-6-10-19/h1-14,17H,16H2,(H,26,29)(H,27,28)/b22-17-. The maximum absolute atomic E-state index is 12.9. The number of thioether (sulfide) groups is 1. The fourth-order valence-corrected chi connectivity index (χ4v) is 3.17. The Kier molecular flexibility index (Phi) is 7.42. The second-order valence-corrected chi connectivity index (χ2v) is 7.26. The smallest absolute Gasteiger partial charge is 0.272 e. The summed E-state index contributed by atoms with van der Waals surface area (Å²) >= 11 is 1.42. The first-order valence-electron chi connectivity index (χ1n) is 9.20. The van der Waals surface area contributed by atoms with Crippen molar-refractivity contribution in [3.8, 4) is 6.07 Å². The summed E-state index contributed by atoms with van der Waals surface area (Å²) in [6, 6.07) is 27.3. The van der Waals surface area contributed by atoms with Crippen molar-refractivity contribution in [3.63, 3.8) is 0 Å². The molecule has 0 atom stereocenters. The number of rotatable bonds is 7. The van der Waals surface area contributed by atoms with Crippen LogP contribution in [0.4, 0.5) is 5.69 Å².